The Bertz CT molecular complexity index is 324. The second-order valence-corrected chi connectivity index (χ2v) is 3.16. The summed E-state index contributed by atoms with van der Waals surface area (Å²) in [6, 6.07) is 6.46. The van der Waals surface area contributed by atoms with Gasteiger partial charge in [-0.1, -0.05) is 26.0 Å². The van der Waals surface area contributed by atoms with Crippen molar-refractivity contribution in [3.63, 3.8) is 0 Å². The first-order chi connectivity index (χ1) is 6.25. The maximum absolute atomic E-state index is 4.43. The third kappa shape index (κ3) is 2.18. The van der Waals surface area contributed by atoms with Crippen LogP contribution in [0.4, 0.5) is 5.69 Å². The summed E-state index contributed by atoms with van der Waals surface area (Å²) in [6.45, 7) is 8.18. The lowest BCUT2D eigenvalue weighted by Gasteiger charge is -1.96. The summed E-state index contributed by atoms with van der Waals surface area (Å²) in [6.07, 6.45) is 1.04. The molecule has 0 amide bonds. The molecule has 0 radical (unpaired) electrons. The first kappa shape index (κ1) is 9.97. The number of hydrogen-bond acceptors (Lipinski definition) is 1. The molecule has 0 saturated heterocycles. The van der Waals surface area contributed by atoms with Gasteiger partial charge >= 0.3 is 0 Å². The molecule has 1 heterocycles. The molecule has 1 aromatic rings. The highest BCUT2D eigenvalue weighted by molar-refractivity contribution is 5.92. The molecule has 70 valence electrons. The van der Waals surface area contributed by atoms with Gasteiger partial charge in [0.2, 0.25) is 0 Å². The van der Waals surface area contributed by atoms with Crippen molar-refractivity contribution in [2.45, 2.75) is 34.1 Å². The van der Waals surface area contributed by atoms with E-state index in [9.17, 15) is 0 Å². The zero-order valence-corrected chi connectivity index (χ0v) is 8.89. The van der Waals surface area contributed by atoms with Gasteiger partial charge in [-0.25, -0.2) is 0 Å². The van der Waals surface area contributed by atoms with Gasteiger partial charge in [0, 0.05) is 12.1 Å². The maximum Gasteiger partial charge on any atom is 0.0667 e. The fourth-order valence-corrected chi connectivity index (χ4v) is 1.45. The number of aryl methyl sites for hydroxylation is 1. The van der Waals surface area contributed by atoms with E-state index >= 15 is 0 Å². The molecule has 1 aliphatic rings. The monoisotopic (exact) mass is 175 g/mol. The standard InChI is InChI=1S/C10H11N.C2H6/c1-7-3-4-9-6-8(2)11-10(9)5-7;1-2/h3-5H,6H2,1-2H3;1-2H3. The van der Waals surface area contributed by atoms with E-state index < -0.39 is 0 Å². The molecule has 1 aliphatic heterocycles. The normalized spacial score (nSPS) is 12.8. The Hall–Kier alpha value is -1.11. The molecular formula is C12H17N. The second-order valence-electron chi connectivity index (χ2n) is 3.16. The van der Waals surface area contributed by atoms with Gasteiger partial charge in [-0.3, -0.25) is 4.99 Å². The van der Waals surface area contributed by atoms with Crippen LogP contribution in [0.5, 0.6) is 0 Å². The van der Waals surface area contributed by atoms with Crippen LogP contribution in [0.2, 0.25) is 0 Å². The van der Waals surface area contributed by atoms with E-state index in [2.05, 4.69) is 37.0 Å². The molecule has 0 unspecified atom stereocenters. The molecule has 0 spiro atoms. The minimum absolute atomic E-state index is 1.04. The molecule has 1 nitrogen and oxygen atoms in total. The number of benzene rings is 1. The lowest BCUT2D eigenvalue weighted by molar-refractivity contribution is 1.35. The van der Waals surface area contributed by atoms with Crippen LogP contribution in [0.3, 0.4) is 0 Å². The lowest BCUT2D eigenvalue weighted by Crippen LogP contribution is -1.87. The smallest absolute Gasteiger partial charge is 0.0667 e. The van der Waals surface area contributed by atoms with Crippen molar-refractivity contribution in [2.24, 2.45) is 4.99 Å². The molecule has 0 aliphatic carbocycles. The predicted molar refractivity (Wildman–Crippen MR) is 59.0 cm³/mol. The highest BCUT2D eigenvalue weighted by atomic mass is 14.8. The van der Waals surface area contributed by atoms with Crippen molar-refractivity contribution < 1.29 is 0 Å². The third-order valence-electron chi connectivity index (χ3n) is 2.00. The Morgan fingerprint density at radius 3 is 2.54 bits per heavy atom. The number of rotatable bonds is 0. The van der Waals surface area contributed by atoms with Crippen LogP contribution < -0.4 is 0 Å². The van der Waals surface area contributed by atoms with E-state index in [1.165, 1.54) is 22.5 Å². The SMILES string of the molecule is CC.CC1=Nc2cc(C)ccc2C1. The molecule has 1 aromatic carbocycles. The zero-order chi connectivity index (χ0) is 9.84. The van der Waals surface area contributed by atoms with Crippen molar-refractivity contribution in [3.8, 4) is 0 Å². The van der Waals surface area contributed by atoms with Gasteiger partial charge in [0.15, 0.2) is 0 Å². The van der Waals surface area contributed by atoms with E-state index in [4.69, 9.17) is 0 Å². The van der Waals surface area contributed by atoms with E-state index in [1.807, 2.05) is 13.8 Å². The highest BCUT2D eigenvalue weighted by Crippen LogP contribution is 2.27. The molecule has 0 bridgehead atoms. The van der Waals surface area contributed by atoms with Crippen molar-refractivity contribution in [1.82, 2.24) is 0 Å². The fraction of sp³-hybridized carbons (Fsp3) is 0.417. The van der Waals surface area contributed by atoms with Crippen molar-refractivity contribution >= 4 is 11.4 Å². The summed E-state index contributed by atoms with van der Waals surface area (Å²) in [4.78, 5) is 4.43. The Morgan fingerprint density at radius 1 is 1.15 bits per heavy atom. The van der Waals surface area contributed by atoms with Crippen LogP contribution in [-0.2, 0) is 6.42 Å². The molecule has 1 heteroatoms. The van der Waals surface area contributed by atoms with E-state index in [-0.39, 0.29) is 0 Å². The lowest BCUT2D eigenvalue weighted by atomic mass is 10.1. The molecule has 0 fully saturated rings. The minimum Gasteiger partial charge on any atom is -0.257 e. The van der Waals surface area contributed by atoms with Crippen LogP contribution in [0.25, 0.3) is 0 Å². The van der Waals surface area contributed by atoms with Gasteiger partial charge in [-0.15, -0.1) is 0 Å². The Kier molecular flexibility index (Phi) is 3.24. The number of hydrogen-bond donors (Lipinski definition) is 0. The quantitative estimate of drug-likeness (QED) is 0.570. The average molecular weight is 175 g/mol. The van der Waals surface area contributed by atoms with Gasteiger partial charge in [-0.2, -0.15) is 0 Å². The predicted octanol–water partition coefficient (Wildman–Crippen LogP) is 3.67. The topological polar surface area (TPSA) is 12.4 Å². The third-order valence-corrected chi connectivity index (χ3v) is 2.00. The van der Waals surface area contributed by atoms with E-state index in [1.54, 1.807) is 0 Å². The summed E-state index contributed by atoms with van der Waals surface area (Å²) in [5.74, 6) is 0. The number of fused-ring (bicyclic) bond motifs is 1. The molecule has 2 rings (SSSR count). The van der Waals surface area contributed by atoms with Crippen molar-refractivity contribution in [2.75, 3.05) is 0 Å². The number of aliphatic imine (C=N–C) groups is 1. The second kappa shape index (κ2) is 4.22. The summed E-state index contributed by atoms with van der Waals surface area (Å²) in [5.41, 5.74) is 5.06. The van der Waals surface area contributed by atoms with Gasteiger partial charge in [0.1, 0.15) is 0 Å². The van der Waals surface area contributed by atoms with Gasteiger partial charge in [-0.05, 0) is 31.0 Å². The Labute approximate surface area is 80.5 Å². The van der Waals surface area contributed by atoms with Gasteiger partial charge in [0.25, 0.3) is 0 Å². The van der Waals surface area contributed by atoms with Crippen LogP contribution in [0.15, 0.2) is 23.2 Å². The van der Waals surface area contributed by atoms with Gasteiger partial charge in [0.05, 0.1) is 5.69 Å². The molecule has 13 heavy (non-hydrogen) atoms. The van der Waals surface area contributed by atoms with Crippen molar-refractivity contribution in [3.05, 3.63) is 29.3 Å². The summed E-state index contributed by atoms with van der Waals surface area (Å²) < 4.78 is 0. The minimum atomic E-state index is 1.04. The summed E-state index contributed by atoms with van der Waals surface area (Å²) >= 11 is 0. The van der Waals surface area contributed by atoms with Crippen LogP contribution in [0, 0.1) is 6.92 Å². The van der Waals surface area contributed by atoms with E-state index in [0.29, 0.717) is 0 Å². The molecule has 0 saturated carbocycles. The summed E-state index contributed by atoms with van der Waals surface area (Å²) in [5, 5.41) is 0. The molecular weight excluding hydrogens is 158 g/mol. The fourth-order valence-electron chi connectivity index (χ4n) is 1.45. The van der Waals surface area contributed by atoms with Gasteiger partial charge < -0.3 is 0 Å². The maximum atomic E-state index is 4.43. The average Bonchev–Trinajstić information content (AvgIpc) is 2.48. The molecule has 0 aromatic heterocycles. The Morgan fingerprint density at radius 2 is 1.85 bits per heavy atom. The van der Waals surface area contributed by atoms with Crippen LogP contribution in [-0.4, -0.2) is 5.71 Å². The summed E-state index contributed by atoms with van der Waals surface area (Å²) in [7, 11) is 0. The molecule has 0 atom stereocenters. The Balaban J connectivity index is 0.000000396. The van der Waals surface area contributed by atoms with Crippen LogP contribution >= 0.6 is 0 Å². The molecule has 0 N–H and O–H groups in total. The number of nitrogens with zero attached hydrogens (tertiary/aromatic N) is 1. The highest BCUT2D eigenvalue weighted by Gasteiger charge is 2.09. The van der Waals surface area contributed by atoms with Crippen LogP contribution in [0.1, 0.15) is 31.9 Å². The first-order valence-corrected chi connectivity index (χ1v) is 4.89. The first-order valence-electron chi connectivity index (χ1n) is 4.89. The van der Waals surface area contributed by atoms with E-state index in [0.717, 1.165) is 6.42 Å². The van der Waals surface area contributed by atoms with Crippen molar-refractivity contribution in [1.29, 1.82) is 0 Å². The largest absolute Gasteiger partial charge is 0.257 e. The zero-order valence-electron chi connectivity index (χ0n) is 8.89.